The van der Waals surface area contributed by atoms with Crippen LogP contribution in [-0.4, -0.2) is 37.1 Å². The Balaban J connectivity index is 1.50. The molecule has 9 heteroatoms. The molecule has 5 rings (SSSR count). The first-order valence-electron chi connectivity index (χ1n) is 9.77. The SMILES string of the molecule is Cc1[nH]c2ncccc2c1C(=O)N1CCc2c(nn(C)c2-c2cc(F)c(F)c(F)c2)C1. The van der Waals surface area contributed by atoms with Crippen LogP contribution in [0.5, 0.6) is 0 Å². The minimum Gasteiger partial charge on any atom is -0.343 e. The minimum absolute atomic E-state index is 0.131. The predicted molar refractivity (Wildman–Crippen MR) is 108 cm³/mol. The number of benzene rings is 1. The smallest absolute Gasteiger partial charge is 0.256 e. The molecule has 0 saturated heterocycles. The second kappa shape index (κ2) is 6.97. The molecule has 0 aliphatic carbocycles. The lowest BCUT2D eigenvalue weighted by Gasteiger charge is -2.27. The third-order valence-corrected chi connectivity index (χ3v) is 5.72. The van der Waals surface area contributed by atoms with E-state index in [1.54, 1.807) is 24.2 Å². The summed E-state index contributed by atoms with van der Waals surface area (Å²) in [4.78, 5) is 22.4. The van der Waals surface area contributed by atoms with Crippen LogP contribution in [0.1, 0.15) is 27.3 Å². The number of aryl methyl sites for hydroxylation is 2. The van der Waals surface area contributed by atoms with E-state index in [1.165, 1.54) is 4.68 Å². The van der Waals surface area contributed by atoms with Crippen molar-refractivity contribution >= 4 is 16.9 Å². The Kier molecular flexibility index (Phi) is 4.35. The molecule has 1 amide bonds. The van der Waals surface area contributed by atoms with E-state index in [9.17, 15) is 18.0 Å². The molecule has 6 nitrogen and oxygen atoms in total. The Labute approximate surface area is 175 Å². The zero-order valence-corrected chi connectivity index (χ0v) is 16.8. The van der Waals surface area contributed by atoms with E-state index in [1.807, 2.05) is 13.0 Å². The standard InChI is InChI=1S/C22H18F3N5O/c1-11-18(14-4-3-6-26-21(14)27-11)22(31)30-7-5-13-17(10-30)28-29(2)20(13)12-8-15(23)19(25)16(24)9-12/h3-4,6,8-9H,5,7,10H2,1-2H3,(H,26,27). The Morgan fingerprint density at radius 3 is 2.68 bits per heavy atom. The molecule has 1 N–H and O–H groups in total. The van der Waals surface area contributed by atoms with Gasteiger partial charge in [0.1, 0.15) is 5.65 Å². The summed E-state index contributed by atoms with van der Waals surface area (Å²) in [5, 5.41) is 5.23. The minimum atomic E-state index is -1.50. The average Bonchev–Trinajstić information content (AvgIpc) is 3.25. The van der Waals surface area contributed by atoms with Crippen LogP contribution < -0.4 is 0 Å². The molecule has 1 aliphatic rings. The molecule has 1 aliphatic heterocycles. The summed E-state index contributed by atoms with van der Waals surface area (Å²) in [7, 11) is 1.66. The van der Waals surface area contributed by atoms with Crippen LogP contribution in [0.4, 0.5) is 13.2 Å². The van der Waals surface area contributed by atoms with Gasteiger partial charge in [-0.25, -0.2) is 18.2 Å². The zero-order chi connectivity index (χ0) is 21.9. The van der Waals surface area contributed by atoms with Crippen molar-refractivity contribution in [3.8, 4) is 11.3 Å². The summed E-state index contributed by atoms with van der Waals surface area (Å²) >= 11 is 0. The van der Waals surface area contributed by atoms with Gasteiger partial charge in [-0.2, -0.15) is 5.10 Å². The Morgan fingerprint density at radius 2 is 1.94 bits per heavy atom. The Bertz CT molecular complexity index is 1330. The summed E-state index contributed by atoms with van der Waals surface area (Å²) in [5.41, 5.74) is 4.15. The van der Waals surface area contributed by atoms with Gasteiger partial charge >= 0.3 is 0 Å². The summed E-state index contributed by atoms with van der Waals surface area (Å²) < 4.78 is 42.5. The quantitative estimate of drug-likeness (QED) is 0.496. The number of aromatic nitrogens is 4. The molecular weight excluding hydrogens is 407 g/mol. The van der Waals surface area contributed by atoms with Crippen LogP contribution in [-0.2, 0) is 20.0 Å². The van der Waals surface area contributed by atoms with Crippen molar-refractivity contribution in [3.05, 3.63) is 70.4 Å². The maximum absolute atomic E-state index is 13.8. The monoisotopic (exact) mass is 425 g/mol. The molecule has 0 spiro atoms. The highest BCUT2D eigenvalue weighted by Crippen LogP contribution is 2.32. The van der Waals surface area contributed by atoms with E-state index < -0.39 is 17.5 Å². The fourth-order valence-corrected chi connectivity index (χ4v) is 4.33. The number of amides is 1. The highest BCUT2D eigenvalue weighted by Gasteiger charge is 2.30. The largest absolute Gasteiger partial charge is 0.343 e. The summed E-state index contributed by atoms with van der Waals surface area (Å²) in [6.07, 6.45) is 2.13. The molecule has 0 atom stereocenters. The van der Waals surface area contributed by atoms with Crippen LogP contribution in [0.2, 0.25) is 0 Å². The number of carbonyl (C=O) groups is 1. The predicted octanol–water partition coefficient (Wildman–Crippen LogP) is 3.89. The Morgan fingerprint density at radius 1 is 1.19 bits per heavy atom. The highest BCUT2D eigenvalue weighted by atomic mass is 19.2. The van der Waals surface area contributed by atoms with Crippen molar-refractivity contribution in [1.82, 2.24) is 24.6 Å². The van der Waals surface area contributed by atoms with Gasteiger partial charge in [-0.3, -0.25) is 9.48 Å². The van der Waals surface area contributed by atoms with Crippen molar-refractivity contribution in [2.24, 2.45) is 7.05 Å². The molecule has 4 heterocycles. The number of hydrogen-bond donors (Lipinski definition) is 1. The normalized spacial score (nSPS) is 13.6. The van der Waals surface area contributed by atoms with Gasteiger partial charge in [0.05, 0.1) is 23.5 Å². The number of rotatable bonds is 2. The lowest BCUT2D eigenvalue weighted by atomic mass is 9.99. The van der Waals surface area contributed by atoms with Crippen molar-refractivity contribution in [1.29, 1.82) is 0 Å². The van der Waals surface area contributed by atoms with Crippen molar-refractivity contribution < 1.29 is 18.0 Å². The molecular formula is C22H18F3N5O. The number of hydrogen-bond acceptors (Lipinski definition) is 3. The van der Waals surface area contributed by atoms with E-state index in [2.05, 4.69) is 15.1 Å². The second-order valence-corrected chi connectivity index (χ2v) is 7.65. The molecule has 0 unspecified atom stereocenters. The molecule has 0 radical (unpaired) electrons. The van der Waals surface area contributed by atoms with Crippen molar-refractivity contribution in [3.63, 3.8) is 0 Å². The van der Waals surface area contributed by atoms with Crippen LogP contribution in [0.25, 0.3) is 22.3 Å². The maximum atomic E-state index is 13.8. The number of nitrogens with zero attached hydrogens (tertiary/aromatic N) is 4. The lowest BCUT2D eigenvalue weighted by Crippen LogP contribution is -2.36. The first-order chi connectivity index (χ1) is 14.8. The van der Waals surface area contributed by atoms with E-state index in [4.69, 9.17) is 0 Å². The van der Waals surface area contributed by atoms with Gasteiger partial charge in [0.25, 0.3) is 5.91 Å². The molecule has 31 heavy (non-hydrogen) atoms. The van der Waals surface area contributed by atoms with Gasteiger partial charge in [-0.1, -0.05) is 0 Å². The van der Waals surface area contributed by atoms with Crippen LogP contribution in [0, 0.1) is 24.4 Å². The molecule has 158 valence electrons. The van der Waals surface area contributed by atoms with Crippen LogP contribution >= 0.6 is 0 Å². The number of H-pyrrole nitrogens is 1. The topological polar surface area (TPSA) is 66.8 Å². The number of pyridine rings is 1. The first kappa shape index (κ1) is 19.3. The molecule has 0 saturated carbocycles. The maximum Gasteiger partial charge on any atom is 0.256 e. The number of fused-ring (bicyclic) bond motifs is 2. The number of nitrogens with one attached hydrogen (secondary N) is 1. The van der Waals surface area contributed by atoms with Crippen LogP contribution in [0.15, 0.2) is 30.5 Å². The lowest BCUT2D eigenvalue weighted by molar-refractivity contribution is 0.0733. The third-order valence-electron chi connectivity index (χ3n) is 5.72. The second-order valence-electron chi connectivity index (χ2n) is 7.65. The van der Waals surface area contributed by atoms with Gasteiger partial charge in [0.15, 0.2) is 17.5 Å². The number of aromatic amines is 1. The van der Waals surface area contributed by atoms with Crippen molar-refractivity contribution in [2.45, 2.75) is 19.9 Å². The fourth-order valence-electron chi connectivity index (χ4n) is 4.33. The van der Waals surface area contributed by atoms with E-state index in [-0.39, 0.29) is 18.0 Å². The zero-order valence-electron chi connectivity index (χ0n) is 16.8. The summed E-state index contributed by atoms with van der Waals surface area (Å²) in [6, 6.07) is 5.57. The van der Waals surface area contributed by atoms with Crippen molar-refractivity contribution in [2.75, 3.05) is 6.54 Å². The van der Waals surface area contributed by atoms with Gasteiger partial charge < -0.3 is 9.88 Å². The van der Waals surface area contributed by atoms with E-state index in [0.29, 0.717) is 35.6 Å². The molecule has 0 bridgehead atoms. The van der Waals surface area contributed by atoms with E-state index in [0.717, 1.165) is 28.8 Å². The molecule has 0 fully saturated rings. The van der Waals surface area contributed by atoms with E-state index >= 15 is 0 Å². The average molecular weight is 425 g/mol. The first-order valence-corrected chi connectivity index (χ1v) is 9.77. The fraction of sp³-hybridized carbons (Fsp3) is 0.227. The van der Waals surface area contributed by atoms with Gasteiger partial charge in [-0.05, 0) is 37.6 Å². The molecule has 1 aromatic carbocycles. The third kappa shape index (κ3) is 2.99. The van der Waals surface area contributed by atoms with Crippen LogP contribution in [0.3, 0.4) is 0 Å². The van der Waals surface area contributed by atoms with Gasteiger partial charge in [-0.15, -0.1) is 0 Å². The van der Waals surface area contributed by atoms with Gasteiger partial charge in [0, 0.05) is 42.0 Å². The Hall–Kier alpha value is -3.62. The molecule has 3 aromatic heterocycles. The number of halogens is 3. The molecule has 4 aromatic rings. The number of carbonyl (C=O) groups excluding carboxylic acids is 1. The van der Waals surface area contributed by atoms with Gasteiger partial charge in [0.2, 0.25) is 0 Å². The summed E-state index contributed by atoms with van der Waals surface area (Å²) in [6.45, 7) is 2.52. The summed E-state index contributed by atoms with van der Waals surface area (Å²) in [5.74, 6) is -4.13. The highest BCUT2D eigenvalue weighted by molar-refractivity contribution is 6.07.